The Morgan fingerprint density at radius 1 is 1.11 bits per heavy atom. The van der Waals surface area contributed by atoms with Crippen LogP contribution in [0.2, 0.25) is 5.02 Å². The summed E-state index contributed by atoms with van der Waals surface area (Å²) >= 11 is 9.49. The number of hydrogen-bond acceptors (Lipinski definition) is 4. The number of carbonyl (C=O) groups is 1. The lowest BCUT2D eigenvalue weighted by atomic mass is 10.1. The van der Waals surface area contributed by atoms with Crippen molar-refractivity contribution in [3.05, 3.63) is 94.1 Å². The molecule has 0 aliphatic heterocycles. The average Bonchev–Trinajstić information content (AvgIpc) is 2.90. The van der Waals surface area contributed by atoms with E-state index in [1.807, 2.05) is 77.7 Å². The number of anilines is 2. The van der Waals surface area contributed by atoms with Crippen LogP contribution in [-0.4, -0.2) is 35.6 Å². The standard InChI is InChI=1S/C29H30BrClN4O2/c1-20(33-27-18-26(37-2)17-22-6-3-15-32-28(22)27)5-4-16-35(19-21-7-11-24(31)12-8-21)29(36)34-25-13-9-23(30)10-14-25/h3,6-15,17-18,20,33H,4-5,16,19H2,1-2H3,(H,34,36). The molecule has 0 radical (unpaired) electrons. The Balaban J connectivity index is 1.41. The van der Waals surface area contributed by atoms with Gasteiger partial charge in [-0.25, -0.2) is 4.79 Å². The van der Waals surface area contributed by atoms with Crippen LogP contribution in [0.25, 0.3) is 10.9 Å². The Bertz CT molecular complexity index is 1330. The number of fused-ring (bicyclic) bond motifs is 1. The highest BCUT2D eigenvalue weighted by Gasteiger charge is 2.16. The average molecular weight is 582 g/mol. The molecule has 1 aromatic heterocycles. The van der Waals surface area contributed by atoms with Gasteiger partial charge in [0.2, 0.25) is 0 Å². The largest absolute Gasteiger partial charge is 0.497 e. The van der Waals surface area contributed by atoms with Crippen LogP contribution >= 0.6 is 27.5 Å². The van der Waals surface area contributed by atoms with Gasteiger partial charge in [0.1, 0.15) is 5.75 Å². The van der Waals surface area contributed by atoms with Crippen LogP contribution in [0.3, 0.4) is 0 Å². The second-order valence-electron chi connectivity index (χ2n) is 8.92. The zero-order valence-electron chi connectivity index (χ0n) is 20.9. The molecule has 8 heteroatoms. The number of nitrogens with one attached hydrogen (secondary N) is 2. The van der Waals surface area contributed by atoms with Crippen molar-refractivity contribution in [3.63, 3.8) is 0 Å². The topological polar surface area (TPSA) is 66.5 Å². The van der Waals surface area contributed by atoms with Gasteiger partial charge in [-0.2, -0.15) is 0 Å². The molecule has 1 heterocycles. The van der Waals surface area contributed by atoms with Crippen molar-refractivity contribution in [2.24, 2.45) is 0 Å². The van der Waals surface area contributed by atoms with E-state index in [1.165, 1.54) is 0 Å². The third kappa shape index (κ3) is 7.60. The van der Waals surface area contributed by atoms with Crippen LogP contribution in [0.15, 0.2) is 83.5 Å². The number of ether oxygens (including phenoxy) is 1. The first kappa shape index (κ1) is 26.8. The van der Waals surface area contributed by atoms with Crippen LogP contribution in [-0.2, 0) is 6.54 Å². The SMILES string of the molecule is COc1cc(NC(C)CCCN(Cc2ccc(Cl)cc2)C(=O)Nc2ccc(Br)cc2)c2ncccc2c1. The molecule has 0 aliphatic carbocycles. The van der Waals surface area contributed by atoms with Gasteiger partial charge < -0.3 is 20.3 Å². The summed E-state index contributed by atoms with van der Waals surface area (Å²) in [5.74, 6) is 0.786. The van der Waals surface area contributed by atoms with Gasteiger partial charge >= 0.3 is 6.03 Å². The number of methoxy groups -OCH3 is 1. The number of pyridine rings is 1. The number of amides is 2. The van der Waals surface area contributed by atoms with Gasteiger partial charge in [0, 0.05) is 52.0 Å². The Labute approximate surface area is 231 Å². The molecule has 1 atom stereocenters. The molecule has 6 nitrogen and oxygen atoms in total. The highest BCUT2D eigenvalue weighted by atomic mass is 79.9. The van der Waals surface area contributed by atoms with Crippen LogP contribution in [0.1, 0.15) is 25.3 Å². The minimum atomic E-state index is -0.138. The van der Waals surface area contributed by atoms with Crippen molar-refractivity contribution in [1.82, 2.24) is 9.88 Å². The fraction of sp³-hybridized carbons (Fsp3) is 0.241. The van der Waals surface area contributed by atoms with Gasteiger partial charge in [0.25, 0.3) is 0 Å². The minimum Gasteiger partial charge on any atom is -0.497 e. The first-order chi connectivity index (χ1) is 17.9. The van der Waals surface area contributed by atoms with E-state index in [2.05, 4.69) is 38.5 Å². The van der Waals surface area contributed by atoms with Crippen molar-refractivity contribution in [1.29, 1.82) is 0 Å². The molecular formula is C29H30BrClN4O2. The number of carbonyl (C=O) groups excluding carboxylic acids is 1. The zero-order valence-corrected chi connectivity index (χ0v) is 23.2. The Hall–Kier alpha value is -3.29. The first-order valence-electron chi connectivity index (χ1n) is 12.2. The van der Waals surface area contributed by atoms with E-state index in [9.17, 15) is 4.79 Å². The van der Waals surface area contributed by atoms with E-state index >= 15 is 0 Å². The van der Waals surface area contributed by atoms with Gasteiger partial charge in [0.05, 0.1) is 18.3 Å². The summed E-state index contributed by atoms with van der Waals surface area (Å²) in [5, 5.41) is 8.30. The van der Waals surface area contributed by atoms with Gasteiger partial charge in [-0.15, -0.1) is 0 Å². The van der Waals surface area contributed by atoms with Crippen LogP contribution < -0.4 is 15.4 Å². The smallest absolute Gasteiger partial charge is 0.322 e. The molecule has 37 heavy (non-hydrogen) atoms. The van der Waals surface area contributed by atoms with Crippen LogP contribution in [0, 0.1) is 0 Å². The lowest BCUT2D eigenvalue weighted by Crippen LogP contribution is -2.35. The summed E-state index contributed by atoms with van der Waals surface area (Å²) < 4.78 is 6.44. The normalized spacial score (nSPS) is 11.7. The maximum absolute atomic E-state index is 13.2. The zero-order chi connectivity index (χ0) is 26.2. The molecule has 0 saturated heterocycles. The van der Waals surface area contributed by atoms with Crippen LogP contribution in [0.4, 0.5) is 16.2 Å². The van der Waals surface area contributed by atoms with Crippen molar-refractivity contribution in [2.75, 3.05) is 24.3 Å². The molecule has 192 valence electrons. The lowest BCUT2D eigenvalue weighted by Gasteiger charge is -2.25. The van der Waals surface area contributed by atoms with Gasteiger partial charge in [0.15, 0.2) is 0 Å². The molecule has 0 aliphatic rings. The Kier molecular flexibility index (Phi) is 9.25. The lowest BCUT2D eigenvalue weighted by molar-refractivity contribution is 0.207. The molecule has 2 N–H and O–H groups in total. The van der Waals surface area contributed by atoms with Gasteiger partial charge in [-0.3, -0.25) is 4.98 Å². The number of hydrogen-bond donors (Lipinski definition) is 2. The maximum atomic E-state index is 13.2. The maximum Gasteiger partial charge on any atom is 0.322 e. The second kappa shape index (κ2) is 12.8. The van der Waals surface area contributed by atoms with E-state index in [4.69, 9.17) is 16.3 Å². The predicted molar refractivity (Wildman–Crippen MR) is 156 cm³/mol. The van der Waals surface area contributed by atoms with Gasteiger partial charge in [-0.05, 0) is 73.9 Å². The number of benzene rings is 3. The van der Waals surface area contributed by atoms with E-state index < -0.39 is 0 Å². The van der Waals surface area contributed by atoms with Crippen molar-refractivity contribution < 1.29 is 9.53 Å². The molecular weight excluding hydrogens is 552 g/mol. The third-order valence-electron chi connectivity index (χ3n) is 6.05. The first-order valence-corrected chi connectivity index (χ1v) is 13.3. The third-order valence-corrected chi connectivity index (χ3v) is 6.83. The molecule has 0 spiro atoms. The molecule has 3 aromatic carbocycles. The molecule has 0 fully saturated rings. The number of aromatic nitrogens is 1. The number of halogens is 2. The second-order valence-corrected chi connectivity index (χ2v) is 10.3. The highest BCUT2D eigenvalue weighted by Crippen LogP contribution is 2.28. The van der Waals surface area contributed by atoms with Crippen molar-refractivity contribution >= 4 is 55.8 Å². The van der Waals surface area contributed by atoms with Gasteiger partial charge in [-0.1, -0.05) is 45.7 Å². The Morgan fingerprint density at radius 3 is 2.59 bits per heavy atom. The van der Waals surface area contributed by atoms with E-state index in [0.29, 0.717) is 18.1 Å². The summed E-state index contributed by atoms with van der Waals surface area (Å²) in [4.78, 5) is 19.6. The number of nitrogens with zero attached hydrogens (tertiary/aromatic N) is 2. The van der Waals surface area contributed by atoms with E-state index in [-0.39, 0.29) is 12.1 Å². The molecule has 4 aromatic rings. The fourth-order valence-corrected chi connectivity index (χ4v) is 4.51. The summed E-state index contributed by atoms with van der Waals surface area (Å²) in [6.07, 6.45) is 3.49. The van der Waals surface area contributed by atoms with E-state index in [0.717, 1.165) is 50.9 Å². The Morgan fingerprint density at radius 2 is 1.86 bits per heavy atom. The molecule has 0 saturated carbocycles. The molecule has 2 amide bonds. The summed E-state index contributed by atoms with van der Waals surface area (Å²) in [6.45, 7) is 3.24. The number of rotatable bonds is 10. The highest BCUT2D eigenvalue weighted by molar-refractivity contribution is 9.10. The summed E-state index contributed by atoms with van der Waals surface area (Å²) in [7, 11) is 1.67. The minimum absolute atomic E-state index is 0.138. The van der Waals surface area contributed by atoms with Crippen LogP contribution in [0.5, 0.6) is 5.75 Å². The fourth-order valence-electron chi connectivity index (χ4n) is 4.12. The van der Waals surface area contributed by atoms with E-state index in [1.54, 1.807) is 13.3 Å². The molecule has 4 rings (SSSR count). The predicted octanol–water partition coefficient (Wildman–Crippen LogP) is 7.97. The quantitative estimate of drug-likeness (QED) is 0.199. The summed E-state index contributed by atoms with van der Waals surface area (Å²) in [6, 6.07) is 23.1. The molecule has 0 bridgehead atoms. The van der Waals surface area contributed by atoms with Crippen molar-refractivity contribution in [2.45, 2.75) is 32.4 Å². The number of urea groups is 1. The van der Waals surface area contributed by atoms with Crippen molar-refractivity contribution in [3.8, 4) is 5.75 Å². The monoisotopic (exact) mass is 580 g/mol. The summed E-state index contributed by atoms with van der Waals surface area (Å²) in [5.41, 5.74) is 3.62. The molecule has 1 unspecified atom stereocenters.